The van der Waals surface area contributed by atoms with Crippen LogP contribution >= 0.6 is 0 Å². The molecule has 1 heterocycles. The summed E-state index contributed by atoms with van der Waals surface area (Å²) in [6.07, 6.45) is 3.97. The van der Waals surface area contributed by atoms with Crippen molar-refractivity contribution in [3.8, 4) is 0 Å². The van der Waals surface area contributed by atoms with Gasteiger partial charge in [0.15, 0.2) is 0 Å². The Bertz CT molecular complexity index is 637. The number of benzene rings is 1. The van der Waals surface area contributed by atoms with Crippen molar-refractivity contribution in [3.05, 3.63) is 30.6 Å². The Morgan fingerprint density at radius 3 is 3.15 bits per heavy atom. The molecule has 106 valence electrons. The highest BCUT2D eigenvalue weighted by Gasteiger charge is 2.44. The highest BCUT2D eigenvalue weighted by molar-refractivity contribution is 5.81. The van der Waals surface area contributed by atoms with Gasteiger partial charge in [-0.1, -0.05) is 12.1 Å². The normalized spacial score (nSPS) is 26.0. The van der Waals surface area contributed by atoms with Gasteiger partial charge < -0.3 is 15.0 Å². The van der Waals surface area contributed by atoms with Crippen molar-refractivity contribution in [2.24, 2.45) is 5.73 Å². The highest BCUT2D eigenvalue weighted by Crippen LogP contribution is 2.38. The molecule has 1 aliphatic rings. The van der Waals surface area contributed by atoms with Crippen LogP contribution in [0.4, 0.5) is 0 Å². The summed E-state index contributed by atoms with van der Waals surface area (Å²) in [5, 5.41) is 0. The van der Waals surface area contributed by atoms with Crippen molar-refractivity contribution < 1.29 is 9.53 Å². The summed E-state index contributed by atoms with van der Waals surface area (Å²) in [5.41, 5.74) is 7.42. The largest absolute Gasteiger partial charge is 0.465 e. The quantitative estimate of drug-likeness (QED) is 0.869. The third-order valence-corrected chi connectivity index (χ3v) is 4.08. The molecule has 1 aliphatic carbocycles. The Balaban J connectivity index is 1.85. The molecule has 0 aliphatic heterocycles. The molecule has 1 saturated carbocycles. The van der Waals surface area contributed by atoms with Gasteiger partial charge in [-0.05, 0) is 38.3 Å². The number of nitrogens with zero attached hydrogens (tertiary/aromatic N) is 2. The minimum absolute atomic E-state index is 0.205. The van der Waals surface area contributed by atoms with Crippen molar-refractivity contribution in [1.82, 2.24) is 9.55 Å². The number of imidazole rings is 1. The van der Waals surface area contributed by atoms with E-state index in [-0.39, 0.29) is 12.0 Å². The molecule has 0 radical (unpaired) electrons. The Morgan fingerprint density at radius 2 is 2.35 bits per heavy atom. The van der Waals surface area contributed by atoms with Crippen LogP contribution in [0, 0.1) is 0 Å². The summed E-state index contributed by atoms with van der Waals surface area (Å²) in [4.78, 5) is 16.4. The second kappa shape index (κ2) is 4.90. The van der Waals surface area contributed by atoms with Crippen LogP contribution in [-0.2, 0) is 9.53 Å². The molecule has 5 heteroatoms. The van der Waals surface area contributed by atoms with E-state index in [0.29, 0.717) is 19.4 Å². The first-order chi connectivity index (χ1) is 9.64. The predicted octanol–water partition coefficient (Wildman–Crippen LogP) is 2.02. The van der Waals surface area contributed by atoms with Crippen molar-refractivity contribution in [1.29, 1.82) is 0 Å². The van der Waals surface area contributed by atoms with Crippen LogP contribution in [0.5, 0.6) is 0 Å². The van der Waals surface area contributed by atoms with E-state index in [0.717, 1.165) is 17.5 Å². The number of fused-ring (bicyclic) bond motifs is 1. The molecule has 2 atom stereocenters. The number of hydrogen-bond donors (Lipinski definition) is 1. The number of nitrogens with two attached hydrogens (primary N) is 1. The van der Waals surface area contributed by atoms with Gasteiger partial charge in [-0.3, -0.25) is 4.79 Å². The maximum absolute atomic E-state index is 12.0. The standard InChI is InChI=1S/C15H19N3O2/c1-2-20-14(19)15(16)8-7-11(9-15)18-10-17-12-5-3-4-6-13(12)18/h3-6,10-11H,2,7-9,16H2,1H3. The number of hydrogen-bond acceptors (Lipinski definition) is 4. The molecule has 1 aromatic heterocycles. The molecular weight excluding hydrogens is 254 g/mol. The number of rotatable bonds is 3. The van der Waals surface area contributed by atoms with Crippen LogP contribution in [0.1, 0.15) is 32.2 Å². The molecule has 3 rings (SSSR count). The molecule has 0 spiro atoms. The first-order valence-electron chi connectivity index (χ1n) is 7.02. The van der Waals surface area contributed by atoms with Crippen LogP contribution in [0.2, 0.25) is 0 Å². The third kappa shape index (κ3) is 2.08. The highest BCUT2D eigenvalue weighted by atomic mass is 16.5. The maximum atomic E-state index is 12.0. The van der Waals surface area contributed by atoms with E-state index in [1.165, 1.54) is 0 Å². The number of para-hydroxylation sites is 2. The molecule has 2 N–H and O–H groups in total. The summed E-state index contributed by atoms with van der Waals surface area (Å²) >= 11 is 0. The number of esters is 1. The van der Waals surface area contributed by atoms with E-state index >= 15 is 0 Å². The molecule has 2 unspecified atom stereocenters. The van der Waals surface area contributed by atoms with Crippen LogP contribution in [0.3, 0.4) is 0 Å². The SMILES string of the molecule is CCOC(=O)C1(N)CCC(n2cnc3ccccc32)C1. The van der Waals surface area contributed by atoms with Crippen LogP contribution in [-0.4, -0.2) is 27.7 Å². The molecular formula is C15H19N3O2. The monoisotopic (exact) mass is 273 g/mol. The molecule has 1 aromatic carbocycles. The van der Waals surface area contributed by atoms with E-state index in [1.807, 2.05) is 30.6 Å². The fourth-order valence-electron chi connectivity index (χ4n) is 3.02. The number of aromatic nitrogens is 2. The Hall–Kier alpha value is -1.88. The van der Waals surface area contributed by atoms with Crippen molar-refractivity contribution in [2.75, 3.05) is 6.61 Å². The van der Waals surface area contributed by atoms with E-state index in [1.54, 1.807) is 6.92 Å². The zero-order chi connectivity index (χ0) is 14.2. The first kappa shape index (κ1) is 13.1. The fourth-order valence-corrected chi connectivity index (χ4v) is 3.02. The lowest BCUT2D eigenvalue weighted by atomic mass is 9.99. The zero-order valence-corrected chi connectivity index (χ0v) is 11.6. The van der Waals surface area contributed by atoms with Crippen molar-refractivity contribution >= 4 is 17.0 Å². The summed E-state index contributed by atoms with van der Waals surface area (Å²) in [5.74, 6) is -0.285. The number of carbonyl (C=O) groups is 1. The summed E-state index contributed by atoms with van der Waals surface area (Å²) in [6.45, 7) is 2.17. The van der Waals surface area contributed by atoms with Gasteiger partial charge in [-0.2, -0.15) is 0 Å². The number of carbonyl (C=O) groups excluding carboxylic acids is 1. The van der Waals surface area contributed by atoms with E-state index < -0.39 is 5.54 Å². The Labute approximate surface area is 117 Å². The average molecular weight is 273 g/mol. The summed E-state index contributed by atoms with van der Waals surface area (Å²) in [6, 6.07) is 8.21. The lowest BCUT2D eigenvalue weighted by Gasteiger charge is -2.22. The first-order valence-corrected chi connectivity index (χ1v) is 7.02. The minimum Gasteiger partial charge on any atom is -0.465 e. The van der Waals surface area contributed by atoms with Gasteiger partial charge in [-0.15, -0.1) is 0 Å². The van der Waals surface area contributed by atoms with Crippen LogP contribution in [0.15, 0.2) is 30.6 Å². The molecule has 2 aromatic rings. The van der Waals surface area contributed by atoms with Gasteiger partial charge in [-0.25, -0.2) is 4.98 Å². The molecule has 0 saturated heterocycles. The smallest absolute Gasteiger partial charge is 0.326 e. The molecule has 0 bridgehead atoms. The minimum atomic E-state index is -0.855. The van der Waals surface area contributed by atoms with E-state index in [4.69, 9.17) is 10.5 Å². The third-order valence-electron chi connectivity index (χ3n) is 4.08. The summed E-state index contributed by atoms with van der Waals surface area (Å²) < 4.78 is 7.22. The lowest BCUT2D eigenvalue weighted by molar-refractivity contribution is -0.149. The van der Waals surface area contributed by atoms with Gasteiger partial charge in [0.05, 0.1) is 24.0 Å². The van der Waals surface area contributed by atoms with Crippen LogP contribution in [0.25, 0.3) is 11.0 Å². The summed E-state index contributed by atoms with van der Waals surface area (Å²) in [7, 11) is 0. The van der Waals surface area contributed by atoms with Gasteiger partial charge in [0.2, 0.25) is 0 Å². The fraction of sp³-hybridized carbons (Fsp3) is 0.467. The van der Waals surface area contributed by atoms with Crippen LogP contribution < -0.4 is 5.73 Å². The lowest BCUT2D eigenvalue weighted by Crippen LogP contribution is -2.46. The zero-order valence-electron chi connectivity index (χ0n) is 11.6. The predicted molar refractivity (Wildman–Crippen MR) is 76.2 cm³/mol. The van der Waals surface area contributed by atoms with Gasteiger partial charge in [0.25, 0.3) is 0 Å². The molecule has 1 fully saturated rings. The average Bonchev–Trinajstić information content (AvgIpc) is 3.03. The maximum Gasteiger partial charge on any atom is 0.326 e. The topological polar surface area (TPSA) is 70.1 Å². The molecule has 5 nitrogen and oxygen atoms in total. The van der Waals surface area contributed by atoms with E-state index in [9.17, 15) is 4.79 Å². The Morgan fingerprint density at radius 1 is 1.55 bits per heavy atom. The number of ether oxygens (including phenoxy) is 1. The molecule has 20 heavy (non-hydrogen) atoms. The van der Waals surface area contributed by atoms with Gasteiger partial charge >= 0.3 is 5.97 Å². The second-order valence-corrected chi connectivity index (χ2v) is 5.41. The van der Waals surface area contributed by atoms with Crippen molar-refractivity contribution in [2.45, 2.75) is 37.8 Å². The second-order valence-electron chi connectivity index (χ2n) is 5.41. The Kier molecular flexibility index (Phi) is 3.22. The molecule has 0 amide bonds. The van der Waals surface area contributed by atoms with Gasteiger partial charge in [0, 0.05) is 6.04 Å². The van der Waals surface area contributed by atoms with Crippen molar-refractivity contribution in [3.63, 3.8) is 0 Å². The van der Waals surface area contributed by atoms with E-state index in [2.05, 4.69) is 9.55 Å². The van der Waals surface area contributed by atoms with Gasteiger partial charge in [0.1, 0.15) is 5.54 Å².